The topological polar surface area (TPSA) is 134 Å². The van der Waals surface area contributed by atoms with Crippen LogP contribution in [0.2, 0.25) is 0 Å². The molecule has 0 aliphatic carbocycles. The van der Waals surface area contributed by atoms with Crippen molar-refractivity contribution < 1.29 is 17.9 Å². The number of thioether (sulfide) groups is 1. The highest BCUT2D eigenvalue weighted by Gasteiger charge is 2.26. The summed E-state index contributed by atoms with van der Waals surface area (Å²) in [5, 5.41) is 3.82. The van der Waals surface area contributed by atoms with E-state index in [-0.39, 0.29) is 16.9 Å². The number of hydrogen-bond donors (Lipinski definition) is 4. The number of aromatic nitrogens is 2. The number of sulfonamides is 1. The first-order valence-electron chi connectivity index (χ1n) is 14.3. The lowest BCUT2D eigenvalue weighted by Gasteiger charge is -2.30. The Bertz CT molecular complexity index is 1470. The van der Waals surface area contributed by atoms with Crippen LogP contribution in [0.3, 0.4) is 0 Å². The van der Waals surface area contributed by atoms with Gasteiger partial charge >= 0.3 is 6.03 Å². The summed E-state index contributed by atoms with van der Waals surface area (Å²) < 4.78 is 35.9. The normalized spacial score (nSPS) is 12.1. The zero-order valence-corrected chi connectivity index (χ0v) is 28.5. The fraction of sp³-hybridized carbons (Fsp3) is 0.500. The molecule has 1 aromatic heterocycles. The maximum absolute atomic E-state index is 12.3. The van der Waals surface area contributed by atoms with Crippen molar-refractivity contribution in [1.29, 1.82) is 0 Å². The second-order valence-corrected chi connectivity index (χ2v) is 15.1. The molecule has 2 aromatic carbocycles. The standard InChI is InChI=1S/C30H44N6O4S3/c1-8-29(3,4)22-14-15-25(24(19-22)30(5,6)9-2)40-17-11-16-31-26(37)33-34-27-32-28(35-42-27)41-20-21-12-10-13-23(18-21)36-43(7,38)39/h10,12-15,18-19,36H,8-9,11,16-17,20H2,1-7H3,(H2,31,33,37)(H,32,34,35). The summed E-state index contributed by atoms with van der Waals surface area (Å²) >= 11 is 2.54. The molecule has 0 spiro atoms. The maximum atomic E-state index is 12.3. The van der Waals surface area contributed by atoms with E-state index in [9.17, 15) is 13.2 Å². The molecule has 3 aromatic rings. The Morgan fingerprint density at radius 3 is 2.49 bits per heavy atom. The average Bonchev–Trinajstić information content (AvgIpc) is 3.42. The van der Waals surface area contributed by atoms with Gasteiger partial charge < -0.3 is 10.1 Å². The first-order chi connectivity index (χ1) is 20.2. The molecule has 0 saturated carbocycles. The minimum atomic E-state index is -3.34. The first-order valence-corrected chi connectivity index (χ1v) is 18.0. The number of rotatable bonds is 16. The van der Waals surface area contributed by atoms with E-state index in [1.807, 2.05) is 6.07 Å². The van der Waals surface area contributed by atoms with E-state index < -0.39 is 10.0 Å². The van der Waals surface area contributed by atoms with Crippen molar-refractivity contribution >= 4 is 50.2 Å². The zero-order chi connectivity index (χ0) is 31.7. The van der Waals surface area contributed by atoms with Gasteiger partial charge in [0.2, 0.25) is 20.3 Å². The third kappa shape index (κ3) is 10.9. The van der Waals surface area contributed by atoms with Crippen LogP contribution in [0.15, 0.2) is 47.6 Å². The van der Waals surface area contributed by atoms with E-state index in [0.717, 1.165) is 41.9 Å². The van der Waals surface area contributed by atoms with Crippen LogP contribution in [-0.2, 0) is 26.6 Å². The molecule has 236 valence electrons. The van der Waals surface area contributed by atoms with E-state index in [2.05, 4.69) is 90.0 Å². The number of nitrogens with zero attached hydrogens (tertiary/aromatic N) is 2. The lowest BCUT2D eigenvalue weighted by Crippen LogP contribution is -2.39. The summed E-state index contributed by atoms with van der Waals surface area (Å²) in [6.07, 6.45) is 3.83. The van der Waals surface area contributed by atoms with Gasteiger partial charge in [-0.25, -0.2) is 18.6 Å². The molecule has 0 fully saturated rings. The third-order valence-electron chi connectivity index (χ3n) is 7.41. The Balaban J connectivity index is 1.41. The molecule has 2 amide bonds. The molecule has 0 atom stereocenters. The summed E-state index contributed by atoms with van der Waals surface area (Å²) in [4.78, 5) is 16.6. The molecule has 0 bridgehead atoms. The van der Waals surface area contributed by atoms with Gasteiger partial charge in [-0.3, -0.25) is 10.1 Å². The Kier molecular flexibility index (Phi) is 12.1. The number of anilines is 2. The number of urea groups is 1. The largest absolute Gasteiger partial charge is 0.493 e. The number of hydrogen-bond acceptors (Lipinski definition) is 9. The predicted octanol–water partition coefficient (Wildman–Crippen LogP) is 6.67. The smallest absolute Gasteiger partial charge is 0.333 e. The van der Waals surface area contributed by atoms with E-state index in [1.54, 1.807) is 18.2 Å². The predicted molar refractivity (Wildman–Crippen MR) is 178 cm³/mol. The monoisotopic (exact) mass is 648 g/mol. The molecule has 43 heavy (non-hydrogen) atoms. The van der Waals surface area contributed by atoms with Gasteiger partial charge in [-0.05, 0) is 59.4 Å². The molecule has 0 saturated heterocycles. The SMILES string of the molecule is CCC(C)(C)c1ccc(OCCCNC(=O)NNc2nc(SCc3cccc(NS(C)(=O)=O)c3)ns2)c(C(C)(C)CC)c1. The molecule has 0 radical (unpaired) electrons. The van der Waals surface area contributed by atoms with Crippen LogP contribution in [0.5, 0.6) is 5.75 Å². The summed E-state index contributed by atoms with van der Waals surface area (Å²) in [6.45, 7) is 14.4. The lowest BCUT2D eigenvalue weighted by molar-refractivity contribution is 0.240. The van der Waals surface area contributed by atoms with Gasteiger partial charge in [0.1, 0.15) is 5.75 Å². The van der Waals surface area contributed by atoms with Crippen LogP contribution in [0, 0.1) is 0 Å². The highest BCUT2D eigenvalue weighted by molar-refractivity contribution is 7.98. The highest BCUT2D eigenvalue weighted by Crippen LogP contribution is 2.38. The van der Waals surface area contributed by atoms with Crippen molar-refractivity contribution in [3.63, 3.8) is 0 Å². The fourth-order valence-corrected chi connectivity index (χ4v) is 6.01. The molecule has 3 rings (SSSR count). The quantitative estimate of drug-likeness (QED) is 0.0769. The number of ether oxygens (including phenoxy) is 1. The third-order valence-corrected chi connectivity index (χ3v) is 9.68. The summed E-state index contributed by atoms with van der Waals surface area (Å²) in [5.74, 6) is 1.46. The van der Waals surface area contributed by atoms with E-state index in [0.29, 0.717) is 41.3 Å². The number of carbonyl (C=O) groups excluding carboxylic acids is 1. The minimum Gasteiger partial charge on any atom is -0.493 e. The van der Waals surface area contributed by atoms with Crippen molar-refractivity contribution in [2.45, 2.75) is 82.5 Å². The van der Waals surface area contributed by atoms with Gasteiger partial charge in [0.15, 0.2) is 0 Å². The van der Waals surface area contributed by atoms with Gasteiger partial charge in [0, 0.05) is 35.1 Å². The van der Waals surface area contributed by atoms with Crippen molar-refractivity contribution in [2.24, 2.45) is 0 Å². The molecule has 4 N–H and O–H groups in total. The molecule has 13 heteroatoms. The number of benzene rings is 2. The van der Waals surface area contributed by atoms with Gasteiger partial charge in [0.05, 0.1) is 12.9 Å². The molecule has 0 aliphatic heterocycles. The van der Waals surface area contributed by atoms with E-state index in [4.69, 9.17) is 4.74 Å². The first kappa shape index (κ1) is 34.5. The zero-order valence-electron chi connectivity index (χ0n) is 26.0. The molecule has 0 unspecified atom stereocenters. The van der Waals surface area contributed by atoms with Crippen molar-refractivity contribution in [3.05, 3.63) is 59.2 Å². The van der Waals surface area contributed by atoms with Crippen LogP contribution in [0.1, 0.15) is 77.5 Å². The number of amides is 2. The van der Waals surface area contributed by atoms with Crippen LogP contribution in [0.25, 0.3) is 0 Å². The fourth-order valence-electron chi connectivity index (χ4n) is 4.02. The molecule has 0 aliphatic rings. The average molecular weight is 649 g/mol. The second kappa shape index (κ2) is 15.1. The number of carbonyl (C=O) groups is 1. The van der Waals surface area contributed by atoms with Crippen LogP contribution < -0.4 is 25.6 Å². The highest BCUT2D eigenvalue weighted by atomic mass is 32.2. The van der Waals surface area contributed by atoms with Crippen LogP contribution in [-0.4, -0.2) is 43.2 Å². The Morgan fingerprint density at radius 1 is 1.05 bits per heavy atom. The van der Waals surface area contributed by atoms with Crippen molar-refractivity contribution in [1.82, 2.24) is 20.1 Å². The van der Waals surface area contributed by atoms with Gasteiger partial charge in [-0.15, -0.1) is 0 Å². The molecule has 10 nitrogen and oxygen atoms in total. The summed E-state index contributed by atoms with van der Waals surface area (Å²) in [5.41, 5.74) is 9.42. The van der Waals surface area contributed by atoms with E-state index in [1.165, 1.54) is 22.9 Å². The van der Waals surface area contributed by atoms with Gasteiger partial charge in [-0.1, -0.05) is 77.6 Å². The number of hydrazine groups is 1. The summed E-state index contributed by atoms with van der Waals surface area (Å²) in [7, 11) is -3.34. The Labute approximate surface area is 264 Å². The van der Waals surface area contributed by atoms with Gasteiger partial charge in [0.25, 0.3) is 0 Å². The molecular weight excluding hydrogens is 605 g/mol. The molecular formula is C30H44N6O4S3. The van der Waals surface area contributed by atoms with Crippen LogP contribution in [0.4, 0.5) is 15.6 Å². The molecule has 1 heterocycles. The Morgan fingerprint density at radius 2 is 1.79 bits per heavy atom. The number of nitrogens with one attached hydrogen (secondary N) is 4. The summed E-state index contributed by atoms with van der Waals surface area (Å²) in [6, 6.07) is 13.3. The van der Waals surface area contributed by atoms with E-state index >= 15 is 0 Å². The minimum absolute atomic E-state index is 0.00932. The second-order valence-electron chi connectivity index (χ2n) is 11.6. The van der Waals surface area contributed by atoms with Crippen molar-refractivity contribution in [2.75, 3.05) is 29.6 Å². The maximum Gasteiger partial charge on any atom is 0.333 e. The van der Waals surface area contributed by atoms with Crippen LogP contribution >= 0.6 is 23.3 Å². The van der Waals surface area contributed by atoms with Gasteiger partial charge in [-0.2, -0.15) is 9.36 Å². The lowest BCUT2D eigenvalue weighted by atomic mass is 9.76. The van der Waals surface area contributed by atoms with Crippen molar-refractivity contribution in [3.8, 4) is 5.75 Å². The Hall–Kier alpha value is -3.03.